The third kappa shape index (κ3) is 4.95. The summed E-state index contributed by atoms with van der Waals surface area (Å²) in [5.41, 5.74) is 4.17. The zero-order valence-corrected chi connectivity index (χ0v) is 21.4. The number of carbonyl (C=O) groups excluding carboxylic acids is 1. The number of aryl methyl sites for hydroxylation is 1. The first kappa shape index (κ1) is 24.6. The molecule has 1 saturated heterocycles. The van der Waals surface area contributed by atoms with E-state index in [2.05, 4.69) is 38.2 Å². The van der Waals surface area contributed by atoms with Gasteiger partial charge in [-0.15, -0.1) is 0 Å². The monoisotopic (exact) mass is 514 g/mol. The molecule has 1 amide bonds. The molecule has 0 saturated carbocycles. The van der Waals surface area contributed by atoms with Crippen molar-refractivity contribution in [3.8, 4) is 5.82 Å². The number of anilines is 1. The average molecular weight is 515 g/mol. The first-order valence-electron chi connectivity index (χ1n) is 12.1. The third-order valence-electron chi connectivity index (χ3n) is 6.59. The van der Waals surface area contributed by atoms with Gasteiger partial charge in [0.1, 0.15) is 11.6 Å². The van der Waals surface area contributed by atoms with E-state index in [4.69, 9.17) is 12.2 Å². The van der Waals surface area contributed by atoms with Crippen LogP contribution < -0.4 is 10.6 Å². The molecule has 9 heteroatoms. The summed E-state index contributed by atoms with van der Waals surface area (Å²) in [6.07, 6.45) is 3.68. The molecule has 1 aromatic carbocycles. The lowest BCUT2D eigenvalue weighted by Crippen LogP contribution is -2.33. The van der Waals surface area contributed by atoms with Crippen LogP contribution in [-0.4, -0.2) is 37.0 Å². The summed E-state index contributed by atoms with van der Waals surface area (Å²) in [4.78, 5) is 23.9. The van der Waals surface area contributed by atoms with E-state index < -0.39 is 5.82 Å². The highest BCUT2D eigenvalue weighted by molar-refractivity contribution is 7.80. The number of hydrogen-bond donors (Lipinski definition) is 2. The Hall–Kier alpha value is -4.11. The van der Waals surface area contributed by atoms with Crippen molar-refractivity contribution in [3.05, 3.63) is 108 Å². The van der Waals surface area contributed by atoms with Crippen LogP contribution in [0, 0.1) is 19.7 Å². The number of nitrogens with zero attached hydrogens (tertiary/aromatic N) is 4. The number of halogens is 1. The predicted octanol–water partition coefficient (Wildman–Crippen LogP) is 5.02. The largest absolute Gasteiger partial charge is 0.352 e. The second-order valence-electron chi connectivity index (χ2n) is 8.95. The van der Waals surface area contributed by atoms with Crippen molar-refractivity contribution < 1.29 is 9.18 Å². The molecule has 5 rings (SSSR count). The zero-order valence-electron chi connectivity index (χ0n) is 20.6. The fourth-order valence-corrected chi connectivity index (χ4v) is 5.24. The number of nitrogens with one attached hydrogen (secondary N) is 2. The van der Waals surface area contributed by atoms with E-state index in [1.807, 2.05) is 48.2 Å². The second kappa shape index (κ2) is 10.5. The summed E-state index contributed by atoms with van der Waals surface area (Å²) >= 11 is 5.75. The van der Waals surface area contributed by atoms with Crippen LogP contribution in [0.4, 0.5) is 10.1 Å². The van der Waals surface area contributed by atoms with E-state index >= 15 is 0 Å². The van der Waals surface area contributed by atoms with Gasteiger partial charge >= 0.3 is 0 Å². The molecule has 2 N–H and O–H groups in total. The molecular weight excluding hydrogens is 487 g/mol. The molecular formula is C28H27FN6OS. The Morgan fingerprint density at radius 3 is 2.49 bits per heavy atom. The van der Waals surface area contributed by atoms with Gasteiger partial charge in [0.05, 0.1) is 23.5 Å². The number of thiocarbonyl (C=S) groups is 1. The Kier molecular flexibility index (Phi) is 6.96. The molecule has 0 bridgehead atoms. The van der Waals surface area contributed by atoms with Crippen molar-refractivity contribution >= 4 is 28.9 Å². The quantitative estimate of drug-likeness (QED) is 0.337. The first-order valence-corrected chi connectivity index (χ1v) is 12.5. The normalized spacial score (nSPS) is 17.1. The van der Waals surface area contributed by atoms with Crippen molar-refractivity contribution in [2.75, 3.05) is 11.9 Å². The standard InChI is InChI=1S/C28H27FN6OS/c1-18-17-20(19(2)35(18)24-12-6-8-15-31-24)27-26(23-11-5-7-14-30-23)33-28(37)34(27)16-13-25(36)32-22-10-4-3-9-21(22)29/h3-12,14-15,17,26-27H,13,16H2,1-2H3,(H,32,36)(H,33,37)/t26-,27+/m1/s1. The van der Waals surface area contributed by atoms with Crippen LogP contribution in [0.5, 0.6) is 0 Å². The Labute approximate surface area is 220 Å². The fraction of sp³-hybridized carbons (Fsp3) is 0.214. The van der Waals surface area contributed by atoms with E-state index in [1.54, 1.807) is 30.6 Å². The predicted molar refractivity (Wildman–Crippen MR) is 145 cm³/mol. The van der Waals surface area contributed by atoms with Crippen LogP contribution >= 0.6 is 12.2 Å². The molecule has 2 atom stereocenters. The summed E-state index contributed by atoms with van der Waals surface area (Å²) in [6, 6.07) is 19.5. The lowest BCUT2D eigenvalue weighted by Gasteiger charge is -2.28. The minimum absolute atomic E-state index is 0.139. The highest BCUT2D eigenvalue weighted by Gasteiger charge is 2.41. The van der Waals surface area contributed by atoms with Crippen molar-refractivity contribution in [2.45, 2.75) is 32.4 Å². The van der Waals surface area contributed by atoms with Gasteiger partial charge in [-0.1, -0.05) is 24.3 Å². The number of amides is 1. The fourth-order valence-electron chi connectivity index (χ4n) is 4.91. The number of hydrogen-bond acceptors (Lipinski definition) is 4. The van der Waals surface area contributed by atoms with E-state index in [9.17, 15) is 9.18 Å². The van der Waals surface area contributed by atoms with Crippen LogP contribution in [0.1, 0.15) is 41.1 Å². The van der Waals surface area contributed by atoms with Crippen molar-refractivity contribution in [2.24, 2.45) is 0 Å². The minimum atomic E-state index is -0.468. The first-order chi connectivity index (χ1) is 17.9. The molecule has 1 aliphatic rings. The molecule has 7 nitrogen and oxygen atoms in total. The van der Waals surface area contributed by atoms with Gasteiger partial charge in [0, 0.05) is 36.7 Å². The number of benzene rings is 1. The lowest BCUT2D eigenvalue weighted by molar-refractivity contribution is -0.116. The summed E-state index contributed by atoms with van der Waals surface area (Å²) in [5, 5.41) is 6.63. The Bertz CT molecular complexity index is 1430. The summed E-state index contributed by atoms with van der Waals surface area (Å²) < 4.78 is 16.2. The zero-order chi connectivity index (χ0) is 25.9. The molecule has 0 aliphatic carbocycles. The second-order valence-corrected chi connectivity index (χ2v) is 9.33. The van der Waals surface area contributed by atoms with Crippen LogP contribution in [0.25, 0.3) is 5.82 Å². The maximum absolute atomic E-state index is 14.0. The summed E-state index contributed by atoms with van der Waals surface area (Å²) in [7, 11) is 0. The van der Waals surface area contributed by atoms with E-state index in [-0.39, 0.29) is 30.1 Å². The van der Waals surface area contributed by atoms with Gasteiger partial charge in [-0.25, -0.2) is 9.37 Å². The lowest BCUT2D eigenvalue weighted by atomic mass is 9.96. The Morgan fingerprint density at radius 1 is 1.05 bits per heavy atom. The highest BCUT2D eigenvalue weighted by atomic mass is 32.1. The molecule has 37 heavy (non-hydrogen) atoms. The number of para-hydroxylation sites is 1. The van der Waals surface area contributed by atoms with Gasteiger partial charge in [0.15, 0.2) is 5.11 Å². The Balaban J connectivity index is 1.47. The van der Waals surface area contributed by atoms with Gasteiger partial charge in [-0.05, 0) is 74.1 Å². The molecule has 0 spiro atoms. The van der Waals surface area contributed by atoms with Crippen LogP contribution in [0.3, 0.4) is 0 Å². The molecule has 0 unspecified atom stereocenters. The Morgan fingerprint density at radius 2 is 1.78 bits per heavy atom. The summed E-state index contributed by atoms with van der Waals surface area (Å²) in [6.45, 7) is 4.47. The molecule has 4 heterocycles. The van der Waals surface area contributed by atoms with Gasteiger partial charge in [-0.3, -0.25) is 9.78 Å². The van der Waals surface area contributed by atoms with Gasteiger partial charge < -0.3 is 20.1 Å². The van der Waals surface area contributed by atoms with Gasteiger partial charge in [0.2, 0.25) is 5.91 Å². The van der Waals surface area contributed by atoms with Crippen LogP contribution in [0.15, 0.2) is 79.1 Å². The van der Waals surface area contributed by atoms with Gasteiger partial charge in [0.25, 0.3) is 0 Å². The molecule has 4 aromatic rings. The van der Waals surface area contributed by atoms with Crippen molar-refractivity contribution in [1.82, 2.24) is 24.8 Å². The smallest absolute Gasteiger partial charge is 0.226 e. The maximum atomic E-state index is 14.0. The van der Waals surface area contributed by atoms with Crippen LogP contribution in [-0.2, 0) is 4.79 Å². The highest BCUT2D eigenvalue weighted by Crippen LogP contribution is 2.41. The maximum Gasteiger partial charge on any atom is 0.226 e. The molecule has 188 valence electrons. The molecule has 1 fully saturated rings. The topological polar surface area (TPSA) is 75.1 Å². The SMILES string of the molecule is Cc1cc([C@H]2[C@@H](c3ccccn3)NC(=S)N2CCC(=O)Nc2ccccc2F)c(C)n1-c1ccccn1. The average Bonchev–Trinajstić information content (AvgIpc) is 3.39. The minimum Gasteiger partial charge on any atom is -0.352 e. The van der Waals surface area contributed by atoms with Gasteiger partial charge in [-0.2, -0.15) is 0 Å². The van der Waals surface area contributed by atoms with E-state index in [1.165, 1.54) is 6.07 Å². The van der Waals surface area contributed by atoms with E-state index in [0.29, 0.717) is 11.7 Å². The van der Waals surface area contributed by atoms with E-state index in [0.717, 1.165) is 28.5 Å². The molecule has 3 aromatic heterocycles. The number of carbonyl (C=O) groups is 1. The number of aromatic nitrogens is 3. The van der Waals surface area contributed by atoms with Crippen LogP contribution in [0.2, 0.25) is 0 Å². The number of pyridine rings is 2. The number of rotatable bonds is 7. The third-order valence-corrected chi connectivity index (χ3v) is 6.95. The van der Waals surface area contributed by atoms with Crippen molar-refractivity contribution in [1.29, 1.82) is 0 Å². The molecule has 0 radical (unpaired) electrons. The summed E-state index contributed by atoms with van der Waals surface area (Å²) in [5.74, 6) is 0.0821. The molecule has 1 aliphatic heterocycles. The van der Waals surface area contributed by atoms with Crippen molar-refractivity contribution in [3.63, 3.8) is 0 Å².